The molecular weight excluding hydrogens is 614 g/mol. The summed E-state index contributed by atoms with van der Waals surface area (Å²) in [5, 5.41) is 22.6. The highest BCUT2D eigenvalue weighted by Crippen LogP contribution is 2.27. The van der Waals surface area contributed by atoms with Gasteiger partial charge in [0.15, 0.2) is 0 Å². The van der Waals surface area contributed by atoms with Crippen molar-refractivity contribution < 1.29 is 29.0 Å². The Hall–Kier alpha value is -5.07. The molecule has 2 aromatic carbocycles. The number of hydrogen-bond donors (Lipinski definition) is 3. The zero-order valence-electron chi connectivity index (χ0n) is 28.4. The molecule has 0 bridgehead atoms. The number of benzene rings is 2. The van der Waals surface area contributed by atoms with Crippen molar-refractivity contribution in [2.24, 2.45) is 0 Å². The van der Waals surface area contributed by atoms with Crippen LogP contribution in [0, 0.1) is 0 Å². The number of alkyl carbamates (subject to hydrolysis) is 1. The first-order valence-electron chi connectivity index (χ1n) is 16.2. The molecule has 13 heteroatoms. The third-order valence-electron chi connectivity index (χ3n) is 7.89. The topological polar surface area (TPSA) is 155 Å². The number of H-pyrrole nitrogens is 1. The summed E-state index contributed by atoms with van der Waals surface area (Å²) in [6.07, 6.45) is 3.25. The number of hydrogen-bond acceptors (Lipinski definition) is 8. The van der Waals surface area contributed by atoms with Crippen LogP contribution < -0.4 is 5.32 Å². The van der Waals surface area contributed by atoms with Crippen LogP contribution in [0.25, 0.3) is 10.9 Å². The first kappa shape index (κ1) is 34.3. The summed E-state index contributed by atoms with van der Waals surface area (Å²) >= 11 is 0. The maximum Gasteiger partial charge on any atom is 0.410 e. The lowest BCUT2D eigenvalue weighted by Gasteiger charge is -2.37. The Balaban J connectivity index is 1.42. The van der Waals surface area contributed by atoms with E-state index in [1.165, 1.54) is 0 Å². The Morgan fingerprint density at radius 2 is 1.54 bits per heavy atom. The number of rotatable bonds is 8. The maximum atomic E-state index is 14.3. The molecular formula is C35H45N7O6. The summed E-state index contributed by atoms with van der Waals surface area (Å²) < 4.78 is 12.6. The van der Waals surface area contributed by atoms with Gasteiger partial charge in [0.05, 0.1) is 12.2 Å². The fourth-order valence-electron chi connectivity index (χ4n) is 5.60. The van der Waals surface area contributed by atoms with Gasteiger partial charge < -0.3 is 34.7 Å². The number of nitrogens with one attached hydrogen (secondary N) is 2. The minimum atomic E-state index is -0.755. The summed E-state index contributed by atoms with van der Waals surface area (Å²) in [7, 11) is 0. The summed E-state index contributed by atoms with van der Waals surface area (Å²) in [5.41, 5.74) is 1.87. The Bertz CT molecular complexity index is 1730. The highest BCUT2D eigenvalue weighted by atomic mass is 16.6. The first-order valence-corrected chi connectivity index (χ1v) is 16.2. The number of carbonyl (C=O) groups excluding carboxylic acids is 3. The van der Waals surface area contributed by atoms with Crippen LogP contribution in [0.15, 0.2) is 60.9 Å². The molecule has 5 rings (SSSR count). The molecule has 13 nitrogen and oxygen atoms in total. The third kappa shape index (κ3) is 8.84. The predicted molar refractivity (Wildman–Crippen MR) is 179 cm³/mol. The van der Waals surface area contributed by atoms with Crippen molar-refractivity contribution >= 4 is 29.0 Å². The molecule has 256 valence electrons. The van der Waals surface area contributed by atoms with Gasteiger partial charge in [0, 0.05) is 49.7 Å². The largest absolute Gasteiger partial charge is 0.508 e. The lowest BCUT2D eigenvalue weighted by atomic mass is 10.0. The number of ether oxygens (including phenoxy) is 2. The zero-order valence-corrected chi connectivity index (χ0v) is 28.4. The van der Waals surface area contributed by atoms with E-state index in [1.807, 2.05) is 51.2 Å². The summed E-state index contributed by atoms with van der Waals surface area (Å²) in [5.74, 6) is -0.0253. The van der Waals surface area contributed by atoms with E-state index in [1.54, 1.807) is 65.7 Å². The van der Waals surface area contributed by atoms with E-state index in [0.29, 0.717) is 44.7 Å². The minimum Gasteiger partial charge on any atom is -0.508 e. The van der Waals surface area contributed by atoms with Crippen LogP contribution in [0.2, 0.25) is 0 Å². The van der Waals surface area contributed by atoms with Gasteiger partial charge in [-0.15, -0.1) is 5.10 Å². The molecule has 4 aromatic rings. The number of amides is 3. The highest BCUT2D eigenvalue weighted by Gasteiger charge is 2.34. The number of para-hydroxylation sites is 1. The Morgan fingerprint density at radius 1 is 0.896 bits per heavy atom. The standard InChI is InChI=1S/C35H45N7O6/c1-34(2,3)47-32(45)37-28(19-23-11-13-25(43)14-12-23)29-22-42(39-38-29)30(20-24-21-36-27-10-8-7-9-26(24)27)31(44)40-15-17-41(18-16-40)33(46)48-35(4,5)6/h7-14,21-22,28,30,36,43H,15-20H2,1-6H3,(H,37,45)/t28-,30-/m0/s1. The number of nitrogens with zero attached hydrogens (tertiary/aromatic N) is 5. The second-order valence-electron chi connectivity index (χ2n) is 14.1. The fraction of sp³-hybridized carbons (Fsp3) is 0.457. The predicted octanol–water partition coefficient (Wildman–Crippen LogP) is 5.14. The first-order chi connectivity index (χ1) is 22.6. The number of phenolic OH excluding ortho intramolecular Hbond substituents is 1. The van der Waals surface area contributed by atoms with Gasteiger partial charge in [-0.3, -0.25) is 4.79 Å². The molecule has 0 saturated carbocycles. The molecule has 3 N–H and O–H groups in total. The van der Waals surface area contributed by atoms with Crippen LogP contribution in [0.1, 0.15) is 70.4 Å². The van der Waals surface area contributed by atoms with Gasteiger partial charge in [0.25, 0.3) is 0 Å². The van der Waals surface area contributed by atoms with Crippen LogP contribution in [0.3, 0.4) is 0 Å². The molecule has 1 aliphatic rings. The van der Waals surface area contributed by atoms with Crippen LogP contribution >= 0.6 is 0 Å². The number of aromatic amines is 1. The van der Waals surface area contributed by atoms with Gasteiger partial charge in [-0.25, -0.2) is 14.3 Å². The van der Waals surface area contributed by atoms with Gasteiger partial charge >= 0.3 is 12.2 Å². The minimum absolute atomic E-state index is 0.131. The molecule has 1 saturated heterocycles. The second kappa shape index (κ2) is 14.0. The van der Waals surface area contributed by atoms with Crippen molar-refractivity contribution in [3.05, 3.63) is 77.7 Å². The molecule has 3 heterocycles. The molecule has 48 heavy (non-hydrogen) atoms. The zero-order chi connectivity index (χ0) is 34.6. The second-order valence-corrected chi connectivity index (χ2v) is 14.1. The monoisotopic (exact) mass is 659 g/mol. The lowest BCUT2D eigenvalue weighted by Crippen LogP contribution is -2.53. The summed E-state index contributed by atoms with van der Waals surface area (Å²) in [6.45, 7) is 12.2. The molecule has 2 aromatic heterocycles. The smallest absolute Gasteiger partial charge is 0.410 e. The van der Waals surface area contributed by atoms with Gasteiger partial charge in [0.2, 0.25) is 5.91 Å². The van der Waals surface area contributed by atoms with Gasteiger partial charge in [0.1, 0.15) is 28.7 Å². The van der Waals surface area contributed by atoms with Crippen LogP contribution in [0.4, 0.5) is 9.59 Å². The van der Waals surface area contributed by atoms with Crippen molar-refractivity contribution in [1.29, 1.82) is 0 Å². The number of carbonyl (C=O) groups is 3. The molecule has 3 amide bonds. The van der Waals surface area contributed by atoms with Gasteiger partial charge in [-0.1, -0.05) is 35.5 Å². The number of aromatic nitrogens is 4. The Kier molecular flexibility index (Phi) is 9.97. The van der Waals surface area contributed by atoms with Crippen molar-refractivity contribution in [1.82, 2.24) is 35.1 Å². The van der Waals surface area contributed by atoms with E-state index in [2.05, 4.69) is 20.6 Å². The van der Waals surface area contributed by atoms with E-state index < -0.39 is 35.5 Å². The van der Waals surface area contributed by atoms with Crippen LogP contribution in [-0.4, -0.2) is 90.4 Å². The molecule has 0 spiro atoms. The number of fused-ring (bicyclic) bond motifs is 1. The highest BCUT2D eigenvalue weighted by molar-refractivity contribution is 5.85. The number of phenols is 1. The lowest BCUT2D eigenvalue weighted by molar-refractivity contribution is -0.136. The quantitative estimate of drug-likeness (QED) is 0.235. The molecule has 0 aliphatic carbocycles. The van der Waals surface area contributed by atoms with E-state index in [-0.39, 0.29) is 11.7 Å². The van der Waals surface area contributed by atoms with E-state index in [0.717, 1.165) is 22.0 Å². The normalized spacial score (nSPS) is 15.2. The van der Waals surface area contributed by atoms with Gasteiger partial charge in [-0.05, 0) is 77.3 Å². The molecule has 1 aliphatic heterocycles. The average Bonchev–Trinajstić information content (AvgIpc) is 3.66. The van der Waals surface area contributed by atoms with Crippen molar-refractivity contribution in [2.45, 2.75) is 77.7 Å². The van der Waals surface area contributed by atoms with E-state index in [4.69, 9.17) is 9.47 Å². The molecule has 1 fully saturated rings. The van der Waals surface area contributed by atoms with E-state index >= 15 is 0 Å². The molecule has 0 radical (unpaired) electrons. The Labute approximate surface area is 280 Å². The van der Waals surface area contributed by atoms with E-state index in [9.17, 15) is 19.5 Å². The fourth-order valence-corrected chi connectivity index (χ4v) is 5.60. The summed E-state index contributed by atoms with van der Waals surface area (Å²) in [6, 6.07) is 13.2. The van der Waals surface area contributed by atoms with Crippen molar-refractivity contribution in [3.63, 3.8) is 0 Å². The van der Waals surface area contributed by atoms with Crippen molar-refractivity contribution in [2.75, 3.05) is 26.2 Å². The van der Waals surface area contributed by atoms with Crippen LogP contribution in [0.5, 0.6) is 5.75 Å². The summed E-state index contributed by atoms with van der Waals surface area (Å²) in [4.78, 5) is 46.5. The molecule has 2 atom stereocenters. The maximum absolute atomic E-state index is 14.3. The third-order valence-corrected chi connectivity index (χ3v) is 7.89. The average molecular weight is 660 g/mol. The van der Waals surface area contributed by atoms with Gasteiger partial charge in [-0.2, -0.15) is 0 Å². The van der Waals surface area contributed by atoms with Crippen molar-refractivity contribution in [3.8, 4) is 5.75 Å². The number of piperazine rings is 1. The number of aromatic hydroxyl groups is 1. The Morgan fingerprint density at radius 3 is 2.21 bits per heavy atom. The molecule has 0 unspecified atom stereocenters. The SMILES string of the molecule is CC(C)(C)OC(=O)N[C@@H](Cc1ccc(O)cc1)c1cn([C@@H](Cc2c[nH]c3ccccc23)C(=O)N2CCN(C(=O)OC(C)(C)C)CC2)nn1. The van der Waals surface area contributed by atoms with Crippen LogP contribution in [-0.2, 0) is 27.1 Å².